The normalized spacial score (nSPS) is 14.0. The molecule has 1 aromatic carbocycles. The zero-order valence-electron chi connectivity index (χ0n) is 8.94. The first-order valence-corrected chi connectivity index (χ1v) is 6.30. The fourth-order valence-corrected chi connectivity index (χ4v) is 2.83. The van der Waals surface area contributed by atoms with E-state index in [4.69, 9.17) is 5.11 Å². The maximum Gasteiger partial charge on any atom is 0.245 e. The van der Waals surface area contributed by atoms with Crippen molar-refractivity contribution >= 4 is 10.0 Å². The third-order valence-electron chi connectivity index (χ3n) is 2.09. The van der Waals surface area contributed by atoms with Gasteiger partial charge in [0, 0.05) is 6.54 Å². The van der Waals surface area contributed by atoms with Crippen molar-refractivity contribution in [3.63, 3.8) is 0 Å². The molecular weight excluding hydrogens is 230 g/mol. The average molecular weight is 245 g/mol. The topological polar surface area (TPSA) is 77.8 Å². The molecule has 0 heterocycles. The van der Waals surface area contributed by atoms with Crippen LogP contribution in [-0.4, -0.2) is 42.3 Å². The summed E-state index contributed by atoms with van der Waals surface area (Å²) in [5.41, 5.74) is 0. The van der Waals surface area contributed by atoms with E-state index in [2.05, 4.69) is 0 Å². The van der Waals surface area contributed by atoms with Crippen LogP contribution in [0.25, 0.3) is 0 Å². The maximum absolute atomic E-state index is 12.0. The first-order chi connectivity index (χ1) is 7.50. The standard InChI is InChI=1S/C10H15NO4S/c1-9(13)11(7-8-12)16(14,15)10-5-3-2-4-6-10/h2-6,9,12-13H,7-8H2,1H3. The van der Waals surface area contributed by atoms with E-state index >= 15 is 0 Å². The Bertz CT molecular complexity index is 416. The van der Waals surface area contributed by atoms with Crippen LogP contribution in [0.5, 0.6) is 0 Å². The van der Waals surface area contributed by atoms with Crippen LogP contribution in [0.3, 0.4) is 0 Å². The zero-order chi connectivity index (χ0) is 12.2. The molecule has 0 aliphatic rings. The SMILES string of the molecule is CC(O)N(CCO)S(=O)(=O)c1ccccc1. The quantitative estimate of drug-likeness (QED) is 0.716. The van der Waals surface area contributed by atoms with Crippen molar-refractivity contribution in [2.45, 2.75) is 18.0 Å². The van der Waals surface area contributed by atoms with Crippen LogP contribution in [-0.2, 0) is 10.0 Å². The monoisotopic (exact) mass is 245 g/mol. The van der Waals surface area contributed by atoms with Crippen molar-refractivity contribution < 1.29 is 18.6 Å². The van der Waals surface area contributed by atoms with Crippen molar-refractivity contribution in [3.8, 4) is 0 Å². The highest BCUT2D eigenvalue weighted by Gasteiger charge is 2.27. The van der Waals surface area contributed by atoms with E-state index in [9.17, 15) is 13.5 Å². The summed E-state index contributed by atoms with van der Waals surface area (Å²) < 4.78 is 24.9. The van der Waals surface area contributed by atoms with Crippen LogP contribution < -0.4 is 0 Å². The van der Waals surface area contributed by atoms with Gasteiger partial charge in [-0.05, 0) is 19.1 Å². The van der Waals surface area contributed by atoms with Gasteiger partial charge in [-0.3, -0.25) is 0 Å². The number of aliphatic hydroxyl groups excluding tert-OH is 2. The molecule has 16 heavy (non-hydrogen) atoms. The Hall–Kier alpha value is -0.950. The van der Waals surface area contributed by atoms with Crippen LogP contribution in [0.1, 0.15) is 6.92 Å². The van der Waals surface area contributed by atoms with Gasteiger partial charge in [0.2, 0.25) is 10.0 Å². The maximum atomic E-state index is 12.0. The number of hydrogen-bond acceptors (Lipinski definition) is 4. The molecule has 2 N–H and O–H groups in total. The van der Waals surface area contributed by atoms with Crippen molar-refractivity contribution in [3.05, 3.63) is 30.3 Å². The summed E-state index contributed by atoms with van der Waals surface area (Å²) in [6, 6.07) is 7.81. The van der Waals surface area contributed by atoms with Crippen molar-refractivity contribution in [2.24, 2.45) is 0 Å². The second-order valence-electron chi connectivity index (χ2n) is 3.28. The molecule has 0 spiro atoms. The largest absolute Gasteiger partial charge is 0.395 e. The molecule has 0 aliphatic carbocycles. The average Bonchev–Trinajstić information content (AvgIpc) is 2.26. The molecule has 5 nitrogen and oxygen atoms in total. The number of rotatable bonds is 5. The smallest absolute Gasteiger partial charge is 0.245 e. The summed E-state index contributed by atoms with van der Waals surface area (Å²) in [5, 5.41) is 18.2. The molecule has 1 unspecified atom stereocenters. The minimum atomic E-state index is -3.74. The van der Waals surface area contributed by atoms with Crippen LogP contribution in [0, 0.1) is 0 Å². The number of aliphatic hydroxyl groups is 2. The summed E-state index contributed by atoms with van der Waals surface area (Å²) in [7, 11) is -3.74. The fourth-order valence-electron chi connectivity index (χ4n) is 1.33. The molecule has 0 aromatic heterocycles. The van der Waals surface area contributed by atoms with Crippen molar-refractivity contribution in [1.29, 1.82) is 0 Å². The fraction of sp³-hybridized carbons (Fsp3) is 0.400. The van der Waals surface area contributed by atoms with Gasteiger partial charge in [-0.2, -0.15) is 4.31 Å². The van der Waals surface area contributed by atoms with E-state index in [1.165, 1.54) is 19.1 Å². The van der Waals surface area contributed by atoms with E-state index in [0.29, 0.717) is 0 Å². The predicted molar refractivity (Wildman–Crippen MR) is 59.1 cm³/mol. The molecular formula is C10H15NO4S. The minimum absolute atomic E-state index is 0.101. The van der Waals surface area contributed by atoms with Crippen molar-refractivity contribution in [1.82, 2.24) is 4.31 Å². The Morgan fingerprint density at radius 1 is 1.31 bits per heavy atom. The van der Waals surface area contributed by atoms with E-state index in [1.807, 2.05) is 0 Å². The van der Waals surface area contributed by atoms with Gasteiger partial charge in [-0.15, -0.1) is 0 Å². The number of benzene rings is 1. The van der Waals surface area contributed by atoms with Gasteiger partial charge in [0.1, 0.15) is 6.23 Å². The van der Waals surface area contributed by atoms with Gasteiger partial charge >= 0.3 is 0 Å². The highest BCUT2D eigenvalue weighted by atomic mass is 32.2. The van der Waals surface area contributed by atoms with Gasteiger partial charge in [0.15, 0.2) is 0 Å². The Kier molecular flexibility index (Phi) is 4.43. The predicted octanol–water partition coefficient (Wildman–Crippen LogP) is 0.00790. The van der Waals surface area contributed by atoms with E-state index in [1.54, 1.807) is 18.2 Å². The third kappa shape index (κ3) is 2.79. The van der Waals surface area contributed by atoms with Crippen LogP contribution in [0.4, 0.5) is 0 Å². The lowest BCUT2D eigenvalue weighted by atomic mass is 10.4. The Labute approximate surface area is 95.0 Å². The lowest BCUT2D eigenvalue weighted by molar-refractivity contribution is 0.0686. The number of sulfonamides is 1. The molecule has 0 saturated carbocycles. The lowest BCUT2D eigenvalue weighted by Gasteiger charge is -2.23. The van der Waals surface area contributed by atoms with Crippen molar-refractivity contribution in [2.75, 3.05) is 13.2 Å². The van der Waals surface area contributed by atoms with Crippen LogP contribution in [0.2, 0.25) is 0 Å². The van der Waals surface area contributed by atoms with Gasteiger partial charge in [-0.25, -0.2) is 8.42 Å². The summed E-state index contributed by atoms with van der Waals surface area (Å²) in [6.45, 7) is 0.877. The Balaban J connectivity index is 3.09. The first-order valence-electron chi connectivity index (χ1n) is 4.86. The molecule has 0 saturated heterocycles. The minimum Gasteiger partial charge on any atom is -0.395 e. The number of nitrogens with zero attached hydrogens (tertiary/aromatic N) is 1. The van der Waals surface area contributed by atoms with Gasteiger partial charge < -0.3 is 10.2 Å². The molecule has 90 valence electrons. The van der Waals surface area contributed by atoms with E-state index < -0.39 is 16.3 Å². The molecule has 0 radical (unpaired) electrons. The molecule has 1 rings (SSSR count). The Morgan fingerprint density at radius 3 is 2.31 bits per heavy atom. The highest BCUT2D eigenvalue weighted by molar-refractivity contribution is 7.89. The first kappa shape index (κ1) is 13.1. The zero-order valence-corrected chi connectivity index (χ0v) is 9.76. The molecule has 0 aliphatic heterocycles. The lowest BCUT2D eigenvalue weighted by Crippen LogP contribution is -2.40. The molecule has 1 atom stereocenters. The van der Waals surface area contributed by atoms with Gasteiger partial charge in [0.05, 0.1) is 11.5 Å². The molecule has 0 fully saturated rings. The molecule has 0 bridgehead atoms. The number of hydrogen-bond donors (Lipinski definition) is 2. The third-order valence-corrected chi connectivity index (χ3v) is 4.06. The second-order valence-corrected chi connectivity index (χ2v) is 5.17. The summed E-state index contributed by atoms with van der Waals surface area (Å²) >= 11 is 0. The van der Waals surface area contributed by atoms with Gasteiger partial charge in [-0.1, -0.05) is 18.2 Å². The van der Waals surface area contributed by atoms with E-state index in [-0.39, 0.29) is 18.0 Å². The summed E-state index contributed by atoms with van der Waals surface area (Å²) in [4.78, 5) is 0.101. The summed E-state index contributed by atoms with van der Waals surface area (Å²) in [5.74, 6) is 0. The van der Waals surface area contributed by atoms with Gasteiger partial charge in [0.25, 0.3) is 0 Å². The molecule has 1 aromatic rings. The molecule has 0 amide bonds. The van der Waals surface area contributed by atoms with Crippen LogP contribution in [0.15, 0.2) is 35.2 Å². The van der Waals surface area contributed by atoms with Crippen LogP contribution >= 0.6 is 0 Å². The molecule has 6 heteroatoms. The van der Waals surface area contributed by atoms with E-state index in [0.717, 1.165) is 4.31 Å². The highest BCUT2D eigenvalue weighted by Crippen LogP contribution is 2.16. The Morgan fingerprint density at radius 2 is 1.88 bits per heavy atom. The summed E-state index contributed by atoms with van der Waals surface area (Å²) in [6.07, 6.45) is -1.17. The second kappa shape index (κ2) is 5.40.